The summed E-state index contributed by atoms with van der Waals surface area (Å²) in [5.41, 5.74) is 0.199. The lowest BCUT2D eigenvalue weighted by atomic mass is 9.80. The van der Waals surface area contributed by atoms with E-state index in [1.165, 1.54) is 0 Å². The largest absolute Gasteiger partial charge is 0.411 e. The second-order valence-corrected chi connectivity index (χ2v) is 4.88. The second-order valence-electron chi connectivity index (χ2n) is 4.88. The molecule has 3 unspecified atom stereocenters. The van der Waals surface area contributed by atoms with Gasteiger partial charge >= 0.3 is 0 Å². The third-order valence-electron chi connectivity index (χ3n) is 4.27. The van der Waals surface area contributed by atoms with E-state index in [1.54, 1.807) is 0 Å². The molecule has 0 aromatic heterocycles. The van der Waals surface area contributed by atoms with Gasteiger partial charge in [-0.2, -0.15) is 0 Å². The first kappa shape index (κ1) is 15.4. The molecule has 1 saturated heterocycles. The molecule has 1 fully saturated rings. The van der Waals surface area contributed by atoms with Crippen molar-refractivity contribution in [2.24, 2.45) is 5.16 Å². The predicted octanol–water partition coefficient (Wildman–Crippen LogP) is 0.0493. The topological polar surface area (TPSA) is 80.7 Å². The molecule has 0 bridgehead atoms. The van der Waals surface area contributed by atoms with Crippen LogP contribution in [0.15, 0.2) is 5.16 Å². The fourth-order valence-electron chi connectivity index (χ4n) is 2.96. The van der Waals surface area contributed by atoms with Gasteiger partial charge in [-0.25, -0.2) is 0 Å². The van der Waals surface area contributed by atoms with Gasteiger partial charge in [0.2, 0.25) is 0 Å². The number of likely N-dealkylation sites (N-methyl/N-ethyl adjacent to an activating group) is 2. The average Bonchev–Trinajstić information content (AvgIpc) is 2.45. The van der Waals surface area contributed by atoms with Crippen molar-refractivity contribution < 1.29 is 5.21 Å². The molecule has 0 spiro atoms. The van der Waals surface area contributed by atoms with Crippen LogP contribution >= 0.6 is 0 Å². The molecule has 1 aliphatic rings. The van der Waals surface area contributed by atoms with Crippen molar-refractivity contribution in [3.63, 3.8) is 0 Å². The van der Waals surface area contributed by atoms with Crippen molar-refractivity contribution in [3.8, 4) is 0 Å². The Labute approximate surface area is 110 Å². The Morgan fingerprint density at radius 2 is 1.94 bits per heavy atom. The summed E-state index contributed by atoms with van der Waals surface area (Å²) in [5, 5.41) is 26.4. The van der Waals surface area contributed by atoms with Gasteiger partial charge in [-0.3, -0.25) is 5.32 Å². The van der Waals surface area contributed by atoms with Crippen LogP contribution in [-0.2, 0) is 0 Å². The number of rotatable bonds is 5. The first-order chi connectivity index (χ1) is 8.56. The fourth-order valence-corrected chi connectivity index (χ4v) is 2.96. The molecule has 0 radical (unpaired) electrons. The highest BCUT2D eigenvalue weighted by Gasteiger charge is 2.49. The summed E-state index contributed by atoms with van der Waals surface area (Å²) in [6.45, 7) is 4.23. The normalized spacial score (nSPS) is 39.2. The fraction of sp³-hybridized carbons (Fsp3) is 0.917. The predicted molar refractivity (Wildman–Crippen MR) is 74.0 cm³/mol. The van der Waals surface area contributed by atoms with E-state index in [9.17, 15) is 5.21 Å². The standard InChI is InChI=1S/C12H27N5O/c1-6-11(14-4)8-9(16-18)10(13-3)12(7-2,15-5)17-11/h10,13-15,17-18H,6-8H2,1-5H3. The molecule has 0 saturated carbocycles. The summed E-state index contributed by atoms with van der Waals surface area (Å²) in [6, 6.07) is -0.0366. The summed E-state index contributed by atoms with van der Waals surface area (Å²) >= 11 is 0. The zero-order chi connectivity index (χ0) is 13.8. The van der Waals surface area contributed by atoms with Gasteiger partial charge in [0.25, 0.3) is 0 Å². The van der Waals surface area contributed by atoms with Gasteiger partial charge in [0, 0.05) is 6.42 Å². The minimum atomic E-state index is -0.326. The van der Waals surface area contributed by atoms with Gasteiger partial charge in [0.1, 0.15) is 0 Å². The lowest BCUT2D eigenvalue weighted by Gasteiger charge is -2.53. The number of nitrogens with one attached hydrogen (secondary N) is 4. The number of oxime groups is 1. The van der Waals surface area contributed by atoms with Crippen LogP contribution in [0.3, 0.4) is 0 Å². The number of hydrogen-bond donors (Lipinski definition) is 5. The van der Waals surface area contributed by atoms with Crippen molar-refractivity contribution in [2.75, 3.05) is 21.1 Å². The molecule has 1 aliphatic heterocycles. The summed E-state index contributed by atoms with van der Waals surface area (Å²) < 4.78 is 0. The van der Waals surface area contributed by atoms with E-state index >= 15 is 0 Å². The summed E-state index contributed by atoms with van der Waals surface area (Å²) in [5.74, 6) is 0. The second kappa shape index (κ2) is 5.97. The minimum Gasteiger partial charge on any atom is -0.411 e. The van der Waals surface area contributed by atoms with Gasteiger partial charge in [-0.15, -0.1) is 0 Å². The quantitative estimate of drug-likeness (QED) is 0.355. The number of nitrogens with zero attached hydrogens (tertiary/aromatic N) is 1. The highest BCUT2D eigenvalue weighted by Crippen LogP contribution is 2.28. The van der Waals surface area contributed by atoms with Crippen LogP contribution in [-0.4, -0.2) is 49.4 Å². The zero-order valence-electron chi connectivity index (χ0n) is 12.1. The molecule has 0 aromatic carbocycles. The summed E-state index contributed by atoms with van der Waals surface area (Å²) in [4.78, 5) is 0. The van der Waals surface area contributed by atoms with E-state index in [2.05, 4.69) is 40.3 Å². The van der Waals surface area contributed by atoms with Crippen molar-refractivity contribution >= 4 is 5.71 Å². The van der Waals surface area contributed by atoms with Gasteiger partial charge < -0.3 is 21.2 Å². The van der Waals surface area contributed by atoms with Crippen molar-refractivity contribution in [1.29, 1.82) is 0 Å². The average molecular weight is 257 g/mol. The van der Waals surface area contributed by atoms with Crippen LogP contribution < -0.4 is 21.3 Å². The van der Waals surface area contributed by atoms with Crippen LogP contribution in [0.2, 0.25) is 0 Å². The highest BCUT2D eigenvalue weighted by atomic mass is 16.4. The van der Waals surface area contributed by atoms with Crippen molar-refractivity contribution in [2.45, 2.75) is 50.5 Å². The molecule has 5 N–H and O–H groups in total. The molecule has 1 heterocycles. The van der Waals surface area contributed by atoms with Crippen molar-refractivity contribution in [1.82, 2.24) is 21.3 Å². The maximum atomic E-state index is 9.30. The first-order valence-electron chi connectivity index (χ1n) is 6.62. The van der Waals surface area contributed by atoms with E-state index in [0.29, 0.717) is 6.42 Å². The Morgan fingerprint density at radius 1 is 1.28 bits per heavy atom. The number of piperidine rings is 1. The first-order valence-corrected chi connectivity index (χ1v) is 6.62. The van der Waals surface area contributed by atoms with Crippen molar-refractivity contribution in [3.05, 3.63) is 0 Å². The smallest absolute Gasteiger partial charge is 0.0910 e. The van der Waals surface area contributed by atoms with E-state index in [4.69, 9.17) is 0 Å². The zero-order valence-corrected chi connectivity index (χ0v) is 12.1. The third-order valence-corrected chi connectivity index (χ3v) is 4.27. The lowest BCUT2D eigenvalue weighted by Crippen LogP contribution is -2.80. The Balaban J connectivity index is 3.20. The molecular weight excluding hydrogens is 230 g/mol. The molecule has 6 nitrogen and oxygen atoms in total. The van der Waals surface area contributed by atoms with E-state index in [0.717, 1.165) is 18.6 Å². The van der Waals surface area contributed by atoms with Gasteiger partial charge in [0.05, 0.1) is 23.1 Å². The highest BCUT2D eigenvalue weighted by molar-refractivity contribution is 5.92. The van der Waals surface area contributed by atoms with Gasteiger partial charge in [0.15, 0.2) is 0 Å². The van der Waals surface area contributed by atoms with E-state index < -0.39 is 0 Å². The molecule has 0 amide bonds. The maximum Gasteiger partial charge on any atom is 0.0910 e. The summed E-state index contributed by atoms with van der Waals surface area (Å²) in [6.07, 6.45) is 2.45. The van der Waals surface area contributed by atoms with Crippen LogP contribution in [0.1, 0.15) is 33.1 Å². The number of hydrogen-bond acceptors (Lipinski definition) is 6. The van der Waals surface area contributed by atoms with E-state index in [1.807, 2.05) is 21.1 Å². The third kappa shape index (κ3) is 2.38. The molecule has 106 valence electrons. The van der Waals surface area contributed by atoms with Crippen LogP contribution in [0.25, 0.3) is 0 Å². The molecule has 0 aliphatic carbocycles. The maximum absolute atomic E-state index is 9.30. The van der Waals surface area contributed by atoms with Crippen LogP contribution in [0, 0.1) is 0 Å². The SMILES string of the molecule is CCC1(NC)CC(=NO)C(NC)C(CC)(NC)N1. The van der Waals surface area contributed by atoms with Gasteiger partial charge in [-0.1, -0.05) is 19.0 Å². The lowest BCUT2D eigenvalue weighted by molar-refractivity contribution is 0.102. The molecule has 18 heavy (non-hydrogen) atoms. The van der Waals surface area contributed by atoms with Crippen LogP contribution in [0.5, 0.6) is 0 Å². The van der Waals surface area contributed by atoms with E-state index in [-0.39, 0.29) is 17.4 Å². The summed E-state index contributed by atoms with van der Waals surface area (Å²) in [7, 11) is 5.75. The Morgan fingerprint density at radius 3 is 2.28 bits per heavy atom. The molecule has 3 atom stereocenters. The Bertz CT molecular complexity index is 297. The van der Waals surface area contributed by atoms with Crippen LogP contribution in [0.4, 0.5) is 0 Å². The Hall–Kier alpha value is -0.690. The Kier molecular flexibility index (Phi) is 5.10. The molecular formula is C12H27N5O. The van der Waals surface area contributed by atoms with Gasteiger partial charge in [-0.05, 0) is 34.0 Å². The molecule has 0 aromatic rings. The molecule has 6 heteroatoms. The minimum absolute atomic E-state index is 0.0366. The molecule has 1 rings (SSSR count). The monoisotopic (exact) mass is 257 g/mol.